The van der Waals surface area contributed by atoms with E-state index >= 15 is 0 Å². The molecule has 0 atom stereocenters. The molecule has 0 spiro atoms. The van der Waals surface area contributed by atoms with Crippen LogP contribution in [0.2, 0.25) is 10.0 Å². The van der Waals surface area contributed by atoms with E-state index in [2.05, 4.69) is 9.82 Å². The second kappa shape index (κ2) is 4.92. The van der Waals surface area contributed by atoms with Gasteiger partial charge in [0.2, 0.25) is 0 Å². The van der Waals surface area contributed by atoms with Crippen LogP contribution in [0.4, 0.5) is 11.5 Å². The topological polar surface area (TPSA) is 90.0 Å². The van der Waals surface area contributed by atoms with Crippen molar-refractivity contribution in [3.8, 4) is 0 Å². The number of rotatable bonds is 3. The number of nitrogens with one attached hydrogen (secondary N) is 1. The molecule has 0 aliphatic rings. The third-order valence-electron chi connectivity index (χ3n) is 2.38. The van der Waals surface area contributed by atoms with Gasteiger partial charge in [-0.2, -0.15) is 5.10 Å². The number of hydrogen-bond acceptors (Lipinski definition) is 4. The summed E-state index contributed by atoms with van der Waals surface area (Å²) in [5.41, 5.74) is 5.84. The molecule has 3 N–H and O–H groups in total. The third-order valence-corrected chi connectivity index (χ3v) is 4.44. The molecule has 0 bridgehead atoms. The first-order valence-electron chi connectivity index (χ1n) is 5.06. The number of anilines is 2. The number of nitrogen functional groups attached to an aromatic ring is 1. The SMILES string of the molecule is Cn1ncc(N)c1NS(=O)(=O)c1cc(Cl)ccc1Cl. The molecule has 102 valence electrons. The van der Waals surface area contributed by atoms with Gasteiger partial charge in [0.1, 0.15) is 4.90 Å². The Labute approximate surface area is 120 Å². The van der Waals surface area contributed by atoms with Crippen molar-refractivity contribution in [3.63, 3.8) is 0 Å². The maximum atomic E-state index is 12.2. The van der Waals surface area contributed by atoms with Crippen molar-refractivity contribution in [2.45, 2.75) is 4.90 Å². The molecule has 0 amide bonds. The van der Waals surface area contributed by atoms with E-state index in [1.165, 1.54) is 29.1 Å². The summed E-state index contributed by atoms with van der Waals surface area (Å²) in [5.74, 6) is 0.163. The number of nitrogens with two attached hydrogens (primary N) is 1. The Morgan fingerprint density at radius 3 is 2.63 bits per heavy atom. The lowest BCUT2D eigenvalue weighted by molar-refractivity contribution is 0.600. The Bertz CT molecular complexity index is 708. The first-order chi connectivity index (χ1) is 8.81. The lowest BCUT2D eigenvalue weighted by Gasteiger charge is -2.10. The van der Waals surface area contributed by atoms with Gasteiger partial charge in [-0.1, -0.05) is 23.2 Å². The number of nitrogens with zero attached hydrogens (tertiary/aromatic N) is 2. The standard InChI is InChI=1S/C10H10Cl2N4O2S/c1-16-10(8(13)5-14-16)15-19(17,18)9-4-6(11)2-3-7(9)12/h2-5,15H,13H2,1H3. The Balaban J connectivity index is 2.47. The normalized spacial score (nSPS) is 11.5. The van der Waals surface area contributed by atoms with E-state index in [9.17, 15) is 8.42 Å². The fraction of sp³-hybridized carbons (Fsp3) is 0.100. The molecule has 2 rings (SSSR count). The molecular formula is C10H10Cl2N4O2S. The first-order valence-corrected chi connectivity index (χ1v) is 7.30. The van der Waals surface area contributed by atoms with Gasteiger partial charge >= 0.3 is 0 Å². The average molecular weight is 321 g/mol. The molecule has 1 aromatic heterocycles. The quantitative estimate of drug-likeness (QED) is 0.906. The fourth-order valence-electron chi connectivity index (χ4n) is 1.44. The van der Waals surface area contributed by atoms with Crippen molar-refractivity contribution in [2.75, 3.05) is 10.5 Å². The van der Waals surface area contributed by atoms with Crippen molar-refractivity contribution < 1.29 is 8.42 Å². The summed E-state index contributed by atoms with van der Waals surface area (Å²) in [5, 5.41) is 4.17. The monoisotopic (exact) mass is 320 g/mol. The van der Waals surface area contributed by atoms with Gasteiger partial charge in [-0.25, -0.2) is 8.42 Å². The molecule has 6 nitrogen and oxygen atoms in total. The Hall–Kier alpha value is -1.44. The molecule has 0 aliphatic heterocycles. The van der Waals surface area contributed by atoms with Crippen LogP contribution in [0.5, 0.6) is 0 Å². The van der Waals surface area contributed by atoms with E-state index in [4.69, 9.17) is 28.9 Å². The number of sulfonamides is 1. The highest BCUT2D eigenvalue weighted by Crippen LogP contribution is 2.28. The molecule has 9 heteroatoms. The lowest BCUT2D eigenvalue weighted by atomic mass is 10.4. The van der Waals surface area contributed by atoms with Gasteiger partial charge in [0.25, 0.3) is 10.0 Å². The first kappa shape index (κ1) is 14.0. The van der Waals surface area contributed by atoms with Crippen LogP contribution in [0.15, 0.2) is 29.3 Å². The number of benzene rings is 1. The van der Waals surface area contributed by atoms with Crippen LogP contribution in [0.25, 0.3) is 0 Å². The molecule has 0 radical (unpaired) electrons. The van der Waals surface area contributed by atoms with Crippen LogP contribution in [0.1, 0.15) is 0 Å². The van der Waals surface area contributed by atoms with E-state index in [0.29, 0.717) is 0 Å². The molecule has 0 aliphatic carbocycles. The summed E-state index contributed by atoms with van der Waals surface area (Å²) in [4.78, 5) is -0.123. The summed E-state index contributed by atoms with van der Waals surface area (Å²) in [6, 6.07) is 4.17. The summed E-state index contributed by atoms with van der Waals surface area (Å²) in [7, 11) is -2.33. The third kappa shape index (κ3) is 2.78. The minimum atomic E-state index is -3.89. The summed E-state index contributed by atoms with van der Waals surface area (Å²) >= 11 is 11.6. The van der Waals surface area contributed by atoms with E-state index < -0.39 is 10.0 Å². The van der Waals surface area contributed by atoms with Gasteiger partial charge in [0.15, 0.2) is 5.82 Å². The van der Waals surface area contributed by atoms with Crippen LogP contribution in [-0.4, -0.2) is 18.2 Å². The van der Waals surface area contributed by atoms with Crippen LogP contribution < -0.4 is 10.5 Å². The van der Waals surface area contributed by atoms with Gasteiger partial charge < -0.3 is 5.73 Å². The zero-order chi connectivity index (χ0) is 14.2. The Kier molecular flexibility index (Phi) is 3.62. The highest BCUT2D eigenvalue weighted by Gasteiger charge is 2.21. The molecular weight excluding hydrogens is 311 g/mol. The lowest BCUT2D eigenvalue weighted by Crippen LogP contribution is -2.16. The van der Waals surface area contributed by atoms with Gasteiger partial charge in [0, 0.05) is 12.1 Å². The van der Waals surface area contributed by atoms with Crippen molar-refractivity contribution >= 4 is 44.7 Å². The van der Waals surface area contributed by atoms with E-state index in [0.717, 1.165) is 0 Å². The van der Waals surface area contributed by atoms with Crippen LogP contribution in [0.3, 0.4) is 0 Å². The summed E-state index contributed by atoms with van der Waals surface area (Å²) in [6.07, 6.45) is 1.34. The predicted octanol–water partition coefficient (Wildman–Crippen LogP) is 2.11. The molecule has 0 saturated heterocycles. The van der Waals surface area contributed by atoms with Crippen molar-refractivity contribution in [3.05, 3.63) is 34.4 Å². The minimum absolute atomic E-state index is 0.0673. The van der Waals surface area contributed by atoms with Gasteiger partial charge in [-0.05, 0) is 18.2 Å². The Morgan fingerprint density at radius 1 is 1.37 bits per heavy atom. The second-order valence-electron chi connectivity index (χ2n) is 3.75. The molecule has 0 saturated carbocycles. The molecule has 1 heterocycles. The second-order valence-corrected chi connectivity index (χ2v) is 6.25. The zero-order valence-electron chi connectivity index (χ0n) is 9.76. The minimum Gasteiger partial charge on any atom is -0.394 e. The van der Waals surface area contributed by atoms with Crippen molar-refractivity contribution in [1.29, 1.82) is 0 Å². The van der Waals surface area contributed by atoms with E-state index in [1.54, 1.807) is 7.05 Å². The largest absolute Gasteiger partial charge is 0.394 e. The molecule has 1 aromatic carbocycles. The summed E-state index contributed by atoms with van der Waals surface area (Å²) < 4.78 is 28.1. The van der Waals surface area contributed by atoms with Gasteiger partial charge in [-0.3, -0.25) is 9.40 Å². The van der Waals surface area contributed by atoms with E-state index in [1.807, 2.05) is 0 Å². The summed E-state index contributed by atoms with van der Waals surface area (Å²) in [6.45, 7) is 0. The molecule has 0 unspecified atom stereocenters. The number of aromatic nitrogens is 2. The zero-order valence-corrected chi connectivity index (χ0v) is 12.1. The van der Waals surface area contributed by atoms with Crippen LogP contribution in [-0.2, 0) is 17.1 Å². The number of hydrogen-bond donors (Lipinski definition) is 2. The fourth-order valence-corrected chi connectivity index (χ4v) is 3.33. The van der Waals surface area contributed by atoms with Crippen LogP contribution in [0, 0.1) is 0 Å². The molecule has 0 fully saturated rings. The molecule has 2 aromatic rings. The highest BCUT2D eigenvalue weighted by atomic mass is 35.5. The maximum absolute atomic E-state index is 12.2. The van der Waals surface area contributed by atoms with Crippen molar-refractivity contribution in [2.24, 2.45) is 7.05 Å². The maximum Gasteiger partial charge on any atom is 0.264 e. The van der Waals surface area contributed by atoms with Gasteiger partial charge in [0.05, 0.1) is 16.9 Å². The Morgan fingerprint density at radius 2 is 2.05 bits per heavy atom. The van der Waals surface area contributed by atoms with E-state index in [-0.39, 0.29) is 26.4 Å². The number of aryl methyl sites for hydroxylation is 1. The van der Waals surface area contributed by atoms with Gasteiger partial charge in [-0.15, -0.1) is 0 Å². The van der Waals surface area contributed by atoms with Crippen LogP contribution >= 0.6 is 23.2 Å². The average Bonchev–Trinajstić information content (AvgIpc) is 2.63. The smallest absolute Gasteiger partial charge is 0.264 e. The van der Waals surface area contributed by atoms with Crippen molar-refractivity contribution in [1.82, 2.24) is 9.78 Å². The number of halogens is 2. The predicted molar refractivity (Wildman–Crippen MR) is 74.9 cm³/mol. The molecule has 19 heavy (non-hydrogen) atoms. The highest BCUT2D eigenvalue weighted by molar-refractivity contribution is 7.92.